The lowest BCUT2D eigenvalue weighted by atomic mass is 10.5. The molecule has 0 radical (unpaired) electrons. The number of rotatable bonds is 2. The van der Waals surface area contributed by atoms with E-state index in [1.807, 2.05) is 6.92 Å². The molecule has 0 fully saturated rings. The summed E-state index contributed by atoms with van der Waals surface area (Å²) in [5.74, 6) is 0.447. The summed E-state index contributed by atoms with van der Waals surface area (Å²) >= 11 is 0. The third-order valence-electron chi connectivity index (χ3n) is 1.60. The Labute approximate surface area is 73.4 Å². The Kier molecular flexibility index (Phi) is 1.80. The number of hydrogen-bond donors (Lipinski definition) is 2. The van der Waals surface area contributed by atoms with Crippen LogP contribution in [-0.2, 0) is 0 Å². The second-order valence-electron chi connectivity index (χ2n) is 2.47. The number of H-pyrrole nitrogens is 1. The lowest BCUT2D eigenvalue weighted by Crippen LogP contribution is -2.03. The molecule has 0 amide bonds. The quantitative estimate of drug-likeness (QED) is 0.676. The van der Waals surface area contributed by atoms with E-state index in [1.165, 1.54) is 6.33 Å². The van der Waals surface area contributed by atoms with Crippen molar-refractivity contribution in [3.63, 3.8) is 0 Å². The van der Waals surface area contributed by atoms with Crippen LogP contribution in [-0.4, -0.2) is 26.5 Å². The monoisotopic (exact) mass is 181 g/mol. The topological polar surface area (TPSA) is 66.5 Å². The van der Waals surface area contributed by atoms with Crippen molar-refractivity contribution in [2.75, 3.05) is 11.9 Å². The smallest absolute Gasteiger partial charge is 0.312 e. The Morgan fingerprint density at radius 2 is 2.38 bits per heavy atom. The highest BCUT2D eigenvalue weighted by atomic mass is 19.1. The van der Waals surface area contributed by atoms with Crippen LogP contribution < -0.4 is 5.32 Å². The van der Waals surface area contributed by atoms with Crippen LogP contribution in [0.25, 0.3) is 11.2 Å². The third kappa shape index (κ3) is 1.30. The molecule has 5 nitrogen and oxygen atoms in total. The molecule has 0 saturated carbocycles. The van der Waals surface area contributed by atoms with E-state index >= 15 is 0 Å². The Hall–Kier alpha value is -1.72. The average molecular weight is 181 g/mol. The number of aromatic amines is 1. The molecule has 6 heteroatoms. The number of anilines is 1. The van der Waals surface area contributed by atoms with Gasteiger partial charge in [-0.3, -0.25) is 0 Å². The van der Waals surface area contributed by atoms with Gasteiger partial charge in [-0.15, -0.1) is 0 Å². The molecule has 2 heterocycles. The number of fused-ring (bicyclic) bond motifs is 1. The molecule has 0 saturated heterocycles. The van der Waals surface area contributed by atoms with Crippen molar-refractivity contribution in [3.05, 3.63) is 12.4 Å². The van der Waals surface area contributed by atoms with Crippen LogP contribution in [0.5, 0.6) is 0 Å². The summed E-state index contributed by atoms with van der Waals surface area (Å²) in [6, 6.07) is 0. The van der Waals surface area contributed by atoms with Gasteiger partial charge in [-0.1, -0.05) is 0 Å². The number of nitrogens with one attached hydrogen (secondary N) is 2. The van der Waals surface area contributed by atoms with Crippen LogP contribution in [0.4, 0.5) is 10.2 Å². The van der Waals surface area contributed by atoms with E-state index in [9.17, 15) is 4.39 Å². The summed E-state index contributed by atoms with van der Waals surface area (Å²) in [5.41, 5.74) is 0.965. The molecule has 2 rings (SSSR count). The van der Waals surface area contributed by atoms with Crippen molar-refractivity contribution in [1.82, 2.24) is 19.9 Å². The van der Waals surface area contributed by atoms with Gasteiger partial charge in [-0.2, -0.15) is 14.4 Å². The molecular weight excluding hydrogens is 173 g/mol. The molecule has 2 aromatic rings. The molecule has 0 bridgehead atoms. The molecule has 0 aliphatic rings. The second-order valence-corrected chi connectivity index (χ2v) is 2.47. The first-order valence-electron chi connectivity index (χ1n) is 3.91. The summed E-state index contributed by atoms with van der Waals surface area (Å²) in [4.78, 5) is 13.8. The van der Waals surface area contributed by atoms with E-state index < -0.39 is 6.08 Å². The number of aromatic nitrogens is 4. The van der Waals surface area contributed by atoms with E-state index in [2.05, 4.69) is 25.3 Å². The SMILES string of the molecule is CCNc1nc(F)nc2nc[nH]c12. The Balaban J connectivity index is 2.63. The van der Waals surface area contributed by atoms with E-state index in [4.69, 9.17) is 0 Å². The number of nitrogens with zero attached hydrogens (tertiary/aromatic N) is 3. The van der Waals surface area contributed by atoms with Gasteiger partial charge in [-0.25, -0.2) is 4.98 Å². The van der Waals surface area contributed by atoms with Gasteiger partial charge in [0.25, 0.3) is 0 Å². The molecule has 0 aromatic carbocycles. The maximum Gasteiger partial charge on any atom is 0.312 e. The highest BCUT2D eigenvalue weighted by Crippen LogP contribution is 2.15. The van der Waals surface area contributed by atoms with E-state index in [0.29, 0.717) is 23.5 Å². The molecule has 0 unspecified atom stereocenters. The highest BCUT2D eigenvalue weighted by Gasteiger charge is 2.07. The summed E-state index contributed by atoms with van der Waals surface area (Å²) in [5, 5.41) is 2.92. The summed E-state index contributed by atoms with van der Waals surface area (Å²) in [6.45, 7) is 2.58. The van der Waals surface area contributed by atoms with Gasteiger partial charge in [0, 0.05) is 6.54 Å². The standard InChI is InChI=1S/C7H8FN5/c1-2-9-5-4-6(11-3-10-4)13-7(8)12-5/h3H,2H2,1H3,(H2,9,10,11,12,13). The average Bonchev–Trinajstić information content (AvgIpc) is 2.52. The van der Waals surface area contributed by atoms with Crippen LogP contribution in [0.3, 0.4) is 0 Å². The first kappa shape index (κ1) is 7.90. The summed E-state index contributed by atoms with van der Waals surface area (Å²) < 4.78 is 12.8. The van der Waals surface area contributed by atoms with Gasteiger partial charge in [0.1, 0.15) is 5.52 Å². The van der Waals surface area contributed by atoms with Crippen LogP contribution in [0, 0.1) is 6.08 Å². The minimum absolute atomic E-state index is 0.337. The van der Waals surface area contributed by atoms with Gasteiger partial charge in [0.05, 0.1) is 6.33 Å². The van der Waals surface area contributed by atoms with Crippen molar-refractivity contribution in [1.29, 1.82) is 0 Å². The van der Waals surface area contributed by atoms with Gasteiger partial charge < -0.3 is 10.3 Å². The van der Waals surface area contributed by atoms with Crippen LogP contribution in [0.1, 0.15) is 6.92 Å². The molecular formula is C7H8FN5. The van der Waals surface area contributed by atoms with Crippen LogP contribution >= 0.6 is 0 Å². The van der Waals surface area contributed by atoms with Crippen LogP contribution in [0.2, 0.25) is 0 Å². The van der Waals surface area contributed by atoms with E-state index in [0.717, 1.165) is 0 Å². The summed E-state index contributed by atoms with van der Waals surface area (Å²) in [6.07, 6.45) is 0.690. The van der Waals surface area contributed by atoms with Crippen molar-refractivity contribution in [2.45, 2.75) is 6.92 Å². The lowest BCUT2D eigenvalue weighted by Gasteiger charge is -2.01. The lowest BCUT2D eigenvalue weighted by molar-refractivity contribution is 0.545. The van der Waals surface area contributed by atoms with Crippen molar-refractivity contribution < 1.29 is 4.39 Å². The fourth-order valence-corrected chi connectivity index (χ4v) is 1.10. The Morgan fingerprint density at radius 1 is 1.54 bits per heavy atom. The molecule has 13 heavy (non-hydrogen) atoms. The van der Waals surface area contributed by atoms with E-state index in [-0.39, 0.29) is 0 Å². The Bertz CT molecular complexity index is 424. The van der Waals surface area contributed by atoms with Crippen molar-refractivity contribution in [2.24, 2.45) is 0 Å². The third-order valence-corrected chi connectivity index (χ3v) is 1.60. The minimum Gasteiger partial charge on any atom is -0.368 e. The zero-order valence-electron chi connectivity index (χ0n) is 7.00. The van der Waals surface area contributed by atoms with Gasteiger partial charge >= 0.3 is 6.08 Å². The van der Waals surface area contributed by atoms with E-state index in [1.54, 1.807) is 0 Å². The Morgan fingerprint density at radius 3 is 3.15 bits per heavy atom. The second kappa shape index (κ2) is 2.96. The molecule has 68 valence electrons. The maximum atomic E-state index is 12.8. The van der Waals surface area contributed by atoms with Gasteiger partial charge in [0.15, 0.2) is 11.5 Å². The predicted octanol–water partition coefficient (Wildman–Crippen LogP) is 0.924. The molecule has 0 aliphatic heterocycles. The van der Waals surface area contributed by atoms with Crippen molar-refractivity contribution in [3.8, 4) is 0 Å². The largest absolute Gasteiger partial charge is 0.368 e. The first-order chi connectivity index (χ1) is 6.31. The number of imidazole rings is 1. The summed E-state index contributed by atoms with van der Waals surface area (Å²) in [7, 11) is 0. The predicted molar refractivity (Wildman–Crippen MR) is 45.8 cm³/mol. The zero-order valence-corrected chi connectivity index (χ0v) is 7.00. The molecule has 0 aliphatic carbocycles. The highest BCUT2D eigenvalue weighted by molar-refractivity contribution is 5.81. The van der Waals surface area contributed by atoms with Crippen molar-refractivity contribution >= 4 is 17.0 Å². The normalized spacial score (nSPS) is 10.6. The maximum absolute atomic E-state index is 12.8. The van der Waals surface area contributed by atoms with Gasteiger partial charge in [0.2, 0.25) is 0 Å². The molecule has 0 spiro atoms. The minimum atomic E-state index is -0.768. The van der Waals surface area contributed by atoms with Crippen LogP contribution in [0.15, 0.2) is 6.33 Å². The van der Waals surface area contributed by atoms with Gasteiger partial charge in [-0.05, 0) is 6.92 Å². The first-order valence-corrected chi connectivity index (χ1v) is 3.91. The number of halogens is 1. The fraction of sp³-hybridized carbons (Fsp3) is 0.286. The molecule has 2 aromatic heterocycles. The molecule has 2 N–H and O–H groups in total. The molecule has 0 atom stereocenters. The zero-order chi connectivity index (χ0) is 9.26. The fourth-order valence-electron chi connectivity index (χ4n) is 1.10. The number of hydrogen-bond acceptors (Lipinski definition) is 4.